The molecule has 4 heteroatoms. The van der Waals surface area contributed by atoms with Crippen LogP contribution < -0.4 is 0 Å². The first-order chi connectivity index (χ1) is 8.56. The fourth-order valence-corrected chi connectivity index (χ4v) is 1.62. The van der Waals surface area contributed by atoms with Crippen LogP contribution in [0, 0.1) is 0 Å². The average Bonchev–Trinajstić information content (AvgIpc) is 2.43. The number of rotatable bonds is 4. The van der Waals surface area contributed by atoms with E-state index in [4.69, 9.17) is 0 Å². The van der Waals surface area contributed by atoms with Crippen LogP contribution in [0.2, 0.25) is 0 Å². The molecule has 0 aliphatic carbocycles. The molecule has 0 spiro atoms. The van der Waals surface area contributed by atoms with Crippen molar-refractivity contribution < 1.29 is 9.59 Å². The second-order valence-electron chi connectivity index (χ2n) is 4.17. The smallest absolute Gasteiger partial charge is 0.241 e. The molecule has 0 fully saturated rings. The van der Waals surface area contributed by atoms with Gasteiger partial charge in [-0.2, -0.15) is 0 Å². The molecule has 0 saturated heterocycles. The molecule has 0 atom stereocenters. The van der Waals surface area contributed by atoms with Crippen molar-refractivity contribution in [3.8, 4) is 0 Å². The van der Waals surface area contributed by atoms with Gasteiger partial charge in [0.2, 0.25) is 11.8 Å². The van der Waals surface area contributed by atoms with Crippen LogP contribution in [0.1, 0.15) is 25.3 Å². The van der Waals surface area contributed by atoms with E-state index in [2.05, 4.69) is 0 Å². The van der Waals surface area contributed by atoms with Crippen LogP contribution in [0.15, 0.2) is 30.3 Å². The summed E-state index contributed by atoms with van der Waals surface area (Å²) in [5.41, 5.74) is 1.13. The van der Waals surface area contributed by atoms with Gasteiger partial charge < -0.3 is 0 Å². The lowest BCUT2D eigenvalue weighted by atomic mass is 10.1. The Morgan fingerprint density at radius 3 is 2.11 bits per heavy atom. The number of hydrogen-bond donors (Lipinski definition) is 0. The second kappa shape index (κ2) is 6.79. The van der Waals surface area contributed by atoms with Gasteiger partial charge in [0.05, 0.1) is 0 Å². The highest BCUT2D eigenvalue weighted by atomic mass is 16.2. The minimum atomic E-state index is -0.0643. The summed E-state index contributed by atoms with van der Waals surface area (Å²) in [6, 6.07) is 9.85. The summed E-state index contributed by atoms with van der Waals surface area (Å²) in [5.74, 6) is -0.117. The van der Waals surface area contributed by atoms with Crippen molar-refractivity contribution in [1.29, 1.82) is 0 Å². The lowest BCUT2D eigenvalue weighted by Gasteiger charge is -2.28. The fraction of sp³-hybridized carbons (Fsp3) is 0.429. The van der Waals surface area contributed by atoms with Gasteiger partial charge in [-0.15, -0.1) is 0 Å². The quantitative estimate of drug-likeness (QED) is 0.763. The molecule has 1 aromatic carbocycles. The third-order valence-electron chi connectivity index (χ3n) is 2.94. The van der Waals surface area contributed by atoms with Crippen LogP contribution in [-0.2, 0) is 16.0 Å². The Balaban J connectivity index is 2.48. The van der Waals surface area contributed by atoms with Crippen LogP contribution in [0.3, 0.4) is 0 Å². The largest absolute Gasteiger partial charge is 0.273 e. The predicted molar refractivity (Wildman–Crippen MR) is 70.6 cm³/mol. The van der Waals surface area contributed by atoms with E-state index in [1.807, 2.05) is 30.3 Å². The Morgan fingerprint density at radius 1 is 1.00 bits per heavy atom. The number of nitrogens with zero attached hydrogens (tertiary/aromatic N) is 2. The molecular weight excluding hydrogens is 228 g/mol. The molecule has 0 aliphatic heterocycles. The number of amides is 2. The molecule has 98 valence electrons. The zero-order valence-corrected chi connectivity index (χ0v) is 11.2. The normalized spacial score (nSPS) is 9.94. The van der Waals surface area contributed by atoms with E-state index in [0.29, 0.717) is 19.3 Å². The van der Waals surface area contributed by atoms with E-state index in [-0.39, 0.29) is 11.8 Å². The molecule has 0 radical (unpaired) electrons. The lowest BCUT2D eigenvalue weighted by molar-refractivity contribution is -0.157. The molecule has 1 aromatic rings. The molecule has 0 aliphatic rings. The van der Waals surface area contributed by atoms with Gasteiger partial charge in [0.1, 0.15) is 0 Å². The maximum atomic E-state index is 11.9. The van der Waals surface area contributed by atoms with E-state index >= 15 is 0 Å². The zero-order chi connectivity index (χ0) is 13.5. The molecule has 1 rings (SSSR count). The molecular formula is C14H20N2O2. The molecule has 0 unspecified atom stereocenters. The highest BCUT2D eigenvalue weighted by molar-refractivity contribution is 5.81. The standard InChI is InChI=1S/C14H20N2O2/c1-4-13(17)15(2)16(3)14(18)11-10-12-8-6-5-7-9-12/h5-9H,4,10-11H2,1-3H3. The van der Waals surface area contributed by atoms with Gasteiger partial charge in [-0.05, 0) is 12.0 Å². The van der Waals surface area contributed by atoms with Crippen molar-refractivity contribution >= 4 is 11.8 Å². The average molecular weight is 248 g/mol. The first kappa shape index (κ1) is 14.2. The molecule has 4 nitrogen and oxygen atoms in total. The molecule has 0 heterocycles. The highest BCUT2D eigenvalue weighted by Gasteiger charge is 2.16. The first-order valence-corrected chi connectivity index (χ1v) is 6.13. The van der Waals surface area contributed by atoms with E-state index in [1.54, 1.807) is 21.0 Å². The second-order valence-corrected chi connectivity index (χ2v) is 4.17. The van der Waals surface area contributed by atoms with E-state index in [0.717, 1.165) is 5.56 Å². The Bertz CT molecular complexity index is 404. The Morgan fingerprint density at radius 2 is 1.56 bits per heavy atom. The van der Waals surface area contributed by atoms with Crippen molar-refractivity contribution in [2.75, 3.05) is 14.1 Å². The summed E-state index contributed by atoms with van der Waals surface area (Å²) < 4.78 is 0. The van der Waals surface area contributed by atoms with Gasteiger partial charge in [-0.3, -0.25) is 19.6 Å². The van der Waals surface area contributed by atoms with Gasteiger partial charge in [-0.25, -0.2) is 0 Å². The third kappa shape index (κ3) is 3.87. The number of carbonyl (C=O) groups is 2. The predicted octanol–water partition coefficient (Wildman–Crippen LogP) is 1.86. The molecule has 0 saturated carbocycles. The van der Waals surface area contributed by atoms with Crippen molar-refractivity contribution in [3.63, 3.8) is 0 Å². The maximum Gasteiger partial charge on any atom is 0.241 e. The van der Waals surface area contributed by atoms with E-state index < -0.39 is 0 Å². The van der Waals surface area contributed by atoms with Gasteiger partial charge in [0, 0.05) is 26.9 Å². The summed E-state index contributed by atoms with van der Waals surface area (Å²) in [6.45, 7) is 1.78. The Labute approximate surface area is 108 Å². The molecule has 18 heavy (non-hydrogen) atoms. The Hall–Kier alpha value is -1.84. The van der Waals surface area contributed by atoms with Crippen LogP contribution in [0.5, 0.6) is 0 Å². The fourth-order valence-electron chi connectivity index (χ4n) is 1.62. The number of hydrogen-bond acceptors (Lipinski definition) is 2. The van der Waals surface area contributed by atoms with Crippen molar-refractivity contribution in [1.82, 2.24) is 10.0 Å². The van der Waals surface area contributed by atoms with Crippen molar-refractivity contribution in [2.45, 2.75) is 26.2 Å². The minimum absolute atomic E-state index is 0.0526. The third-order valence-corrected chi connectivity index (χ3v) is 2.94. The maximum absolute atomic E-state index is 11.9. The summed E-state index contributed by atoms with van der Waals surface area (Å²) in [4.78, 5) is 23.4. The monoisotopic (exact) mass is 248 g/mol. The summed E-state index contributed by atoms with van der Waals surface area (Å²) >= 11 is 0. The number of benzene rings is 1. The van der Waals surface area contributed by atoms with Crippen LogP contribution in [0.25, 0.3) is 0 Å². The van der Waals surface area contributed by atoms with Gasteiger partial charge >= 0.3 is 0 Å². The molecule has 0 aromatic heterocycles. The minimum Gasteiger partial charge on any atom is -0.273 e. The summed E-state index contributed by atoms with van der Waals surface area (Å²) in [5, 5.41) is 2.75. The molecule has 0 bridgehead atoms. The molecule has 2 amide bonds. The number of hydrazine groups is 1. The van der Waals surface area contributed by atoms with E-state index in [1.165, 1.54) is 10.0 Å². The van der Waals surface area contributed by atoms with Crippen molar-refractivity contribution in [3.05, 3.63) is 35.9 Å². The van der Waals surface area contributed by atoms with Crippen LogP contribution in [-0.4, -0.2) is 35.9 Å². The van der Waals surface area contributed by atoms with Crippen LogP contribution in [0.4, 0.5) is 0 Å². The highest BCUT2D eigenvalue weighted by Crippen LogP contribution is 2.05. The molecule has 0 N–H and O–H groups in total. The van der Waals surface area contributed by atoms with Gasteiger partial charge in [0.25, 0.3) is 0 Å². The lowest BCUT2D eigenvalue weighted by Crippen LogP contribution is -2.44. The number of carbonyl (C=O) groups excluding carboxylic acids is 2. The van der Waals surface area contributed by atoms with Gasteiger partial charge in [-0.1, -0.05) is 37.3 Å². The zero-order valence-electron chi connectivity index (χ0n) is 11.2. The SMILES string of the molecule is CCC(=O)N(C)N(C)C(=O)CCc1ccccc1. The van der Waals surface area contributed by atoms with E-state index in [9.17, 15) is 9.59 Å². The van der Waals surface area contributed by atoms with Crippen molar-refractivity contribution in [2.24, 2.45) is 0 Å². The first-order valence-electron chi connectivity index (χ1n) is 6.13. The Kier molecular flexibility index (Phi) is 5.36. The topological polar surface area (TPSA) is 40.6 Å². The summed E-state index contributed by atoms with van der Waals surface area (Å²) in [6.07, 6.45) is 1.49. The van der Waals surface area contributed by atoms with Gasteiger partial charge in [0.15, 0.2) is 0 Å². The number of aryl methyl sites for hydroxylation is 1. The summed E-state index contributed by atoms with van der Waals surface area (Å²) in [7, 11) is 3.24. The van der Waals surface area contributed by atoms with Crippen LogP contribution >= 0.6 is 0 Å².